The maximum Gasteiger partial charge on any atom is 0.216 e. The molecule has 0 spiro atoms. The van der Waals surface area contributed by atoms with Crippen molar-refractivity contribution in [2.24, 2.45) is 0 Å². The smallest absolute Gasteiger partial charge is 0.216 e. The van der Waals surface area contributed by atoms with E-state index in [1.54, 1.807) is 7.11 Å². The maximum atomic E-state index is 5.11. The summed E-state index contributed by atoms with van der Waals surface area (Å²) in [4.78, 5) is 8.47. The van der Waals surface area contributed by atoms with Gasteiger partial charge in [-0.3, -0.25) is 0 Å². The number of alkyl halides is 1. The normalized spacial score (nSPS) is 12.2. The minimum Gasteiger partial charge on any atom is -0.481 e. The van der Waals surface area contributed by atoms with Gasteiger partial charge >= 0.3 is 0 Å². The van der Waals surface area contributed by atoms with Gasteiger partial charge in [0.2, 0.25) is 5.88 Å². The number of hydrogen-bond donors (Lipinski definition) is 0. The second-order valence-corrected chi connectivity index (χ2v) is 7.09. The highest BCUT2D eigenvalue weighted by Gasteiger charge is 2.13. The first kappa shape index (κ1) is 15.2. The van der Waals surface area contributed by atoms with Crippen molar-refractivity contribution in [3.63, 3.8) is 0 Å². The van der Waals surface area contributed by atoms with Crippen LogP contribution < -0.4 is 4.74 Å². The number of benzene rings is 1. The van der Waals surface area contributed by atoms with E-state index < -0.39 is 0 Å². The Kier molecular flexibility index (Phi) is 5.58. The first-order valence-electron chi connectivity index (χ1n) is 5.54. The van der Waals surface area contributed by atoms with Crippen LogP contribution in [0.2, 0.25) is 0 Å². The van der Waals surface area contributed by atoms with Crippen LogP contribution in [0, 0.1) is 3.57 Å². The lowest BCUT2D eigenvalue weighted by atomic mass is 10.1. The molecule has 2 aromatic rings. The predicted octanol–water partition coefficient (Wildman–Crippen LogP) is 4.53. The van der Waals surface area contributed by atoms with E-state index in [0.29, 0.717) is 5.88 Å². The van der Waals surface area contributed by atoms with E-state index in [4.69, 9.17) is 4.74 Å². The Bertz CT molecular complexity index is 580. The molecular formula is C13H11Br2IN2O. The van der Waals surface area contributed by atoms with Crippen LogP contribution >= 0.6 is 54.5 Å². The van der Waals surface area contributed by atoms with E-state index in [2.05, 4.69) is 82.6 Å². The highest BCUT2D eigenvalue weighted by molar-refractivity contribution is 14.1. The molecule has 0 radical (unpaired) electrons. The van der Waals surface area contributed by atoms with Gasteiger partial charge < -0.3 is 4.74 Å². The van der Waals surface area contributed by atoms with E-state index in [1.165, 1.54) is 15.5 Å². The summed E-state index contributed by atoms with van der Waals surface area (Å²) in [7, 11) is 1.61. The minimum atomic E-state index is 0.191. The fourth-order valence-electron chi connectivity index (χ4n) is 1.65. The Balaban J connectivity index is 2.20. The molecule has 1 unspecified atom stereocenters. The number of hydrogen-bond acceptors (Lipinski definition) is 3. The summed E-state index contributed by atoms with van der Waals surface area (Å²) in [6.07, 6.45) is 2.30. The summed E-state index contributed by atoms with van der Waals surface area (Å²) in [6.45, 7) is 0. The monoisotopic (exact) mass is 496 g/mol. The molecule has 0 bridgehead atoms. The maximum absolute atomic E-state index is 5.11. The van der Waals surface area contributed by atoms with E-state index in [1.807, 2.05) is 6.07 Å². The third kappa shape index (κ3) is 4.13. The van der Waals surface area contributed by atoms with Crippen LogP contribution in [0.3, 0.4) is 0 Å². The number of rotatable bonds is 4. The molecule has 0 saturated carbocycles. The minimum absolute atomic E-state index is 0.191. The molecule has 3 nitrogen and oxygen atoms in total. The largest absolute Gasteiger partial charge is 0.481 e. The third-order valence-electron chi connectivity index (χ3n) is 2.59. The average Bonchev–Trinajstić information content (AvgIpc) is 2.41. The van der Waals surface area contributed by atoms with Gasteiger partial charge in [-0.15, -0.1) is 0 Å². The summed E-state index contributed by atoms with van der Waals surface area (Å²) in [5.74, 6) is 0.589. The Morgan fingerprint density at radius 1 is 1.32 bits per heavy atom. The van der Waals surface area contributed by atoms with Crippen molar-refractivity contribution in [2.75, 3.05) is 7.11 Å². The molecule has 0 saturated heterocycles. The molecule has 100 valence electrons. The molecule has 19 heavy (non-hydrogen) atoms. The van der Waals surface area contributed by atoms with Gasteiger partial charge in [0.15, 0.2) is 0 Å². The standard InChI is InChI=1S/C13H11Br2IN2O/c1-19-13-6-9(17-7-18-13)5-12(15)10-4-8(16)2-3-11(10)14/h2-4,6-7,12H,5H2,1H3. The van der Waals surface area contributed by atoms with E-state index >= 15 is 0 Å². The molecule has 1 aromatic carbocycles. The van der Waals surface area contributed by atoms with Gasteiger partial charge in [0.25, 0.3) is 0 Å². The number of nitrogens with zero attached hydrogens (tertiary/aromatic N) is 2. The molecule has 0 N–H and O–H groups in total. The van der Waals surface area contributed by atoms with Crippen LogP contribution in [0.4, 0.5) is 0 Å². The summed E-state index contributed by atoms with van der Waals surface area (Å²) in [5.41, 5.74) is 2.16. The van der Waals surface area contributed by atoms with Gasteiger partial charge in [-0.1, -0.05) is 31.9 Å². The van der Waals surface area contributed by atoms with Crippen LogP contribution in [0.5, 0.6) is 5.88 Å². The summed E-state index contributed by atoms with van der Waals surface area (Å²) < 4.78 is 7.41. The quantitative estimate of drug-likeness (QED) is 0.460. The molecular weight excluding hydrogens is 487 g/mol. The van der Waals surface area contributed by atoms with Gasteiger partial charge in [-0.05, 0) is 46.4 Å². The molecule has 0 aliphatic heterocycles. The van der Waals surface area contributed by atoms with Crippen LogP contribution in [0.15, 0.2) is 35.1 Å². The molecule has 1 heterocycles. The van der Waals surface area contributed by atoms with Gasteiger partial charge in [0.05, 0.1) is 7.11 Å². The van der Waals surface area contributed by atoms with Crippen molar-refractivity contribution < 1.29 is 4.74 Å². The van der Waals surface area contributed by atoms with Crippen molar-refractivity contribution in [3.05, 3.63) is 49.9 Å². The Morgan fingerprint density at radius 2 is 2.11 bits per heavy atom. The first-order valence-corrected chi connectivity index (χ1v) is 8.33. The SMILES string of the molecule is COc1cc(CC(Br)c2cc(I)ccc2Br)ncn1. The number of methoxy groups -OCH3 is 1. The van der Waals surface area contributed by atoms with Crippen molar-refractivity contribution in [1.82, 2.24) is 9.97 Å². The molecule has 2 rings (SSSR count). The third-order valence-corrected chi connectivity index (χ3v) is 4.80. The molecule has 6 heteroatoms. The lowest BCUT2D eigenvalue weighted by Crippen LogP contribution is -2.00. The highest BCUT2D eigenvalue weighted by atomic mass is 127. The average molecular weight is 498 g/mol. The Labute approximate surface area is 142 Å². The molecule has 0 amide bonds. The topological polar surface area (TPSA) is 35.0 Å². The summed E-state index contributed by atoms with van der Waals surface area (Å²) in [5, 5.41) is 0. The first-order chi connectivity index (χ1) is 9.10. The van der Waals surface area contributed by atoms with Crippen LogP contribution in [-0.2, 0) is 6.42 Å². The van der Waals surface area contributed by atoms with E-state index in [0.717, 1.165) is 16.6 Å². The van der Waals surface area contributed by atoms with Gasteiger partial charge in [0, 0.05) is 31.1 Å². The van der Waals surface area contributed by atoms with E-state index in [9.17, 15) is 0 Å². The van der Waals surface area contributed by atoms with Crippen molar-refractivity contribution in [1.29, 1.82) is 0 Å². The second-order valence-electron chi connectivity index (χ2n) is 3.89. The summed E-state index contributed by atoms with van der Waals surface area (Å²) in [6, 6.07) is 8.14. The second kappa shape index (κ2) is 6.99. The fraction of sp³-hybridized carbons (Fsp3) is 0.231. The number of ether oxygens (including phenoxy) is 1. The lowest BCUT2D eigenvalue weighted by Gasteiger charge is -2.12. The molecule has 0 aliphatic carbocycles. The zero-order chi connectivity index (χ0) is 13.8. The molecule has 0 fully saturated rings. The fourth-order valence-corrected chi connectivity index (χ4v) is 3.70. The predicted molar refractivity (Wildman–Crippen MR) is 90.8 cm³/mol. The Hall–Kier alpha value is -0.210. The Morgan fingerprint density at radius 3 is 2.84 bits per heavy atom. The molecule has 1 aromatic heterocycles. The highest BCUT2D eigenvalue weighted by Crippen LogP contribution is 2.33. The van der Waals surface area contributed by atoms with Crippen LogP contribution in [-0.4, -0.2) is 17.1 Å². The lowest BCUT2D eigenvalue weighted by molar-refractivity contribution is 0.396. The summed E-state index contributed by atoms with van der Waals surface area (Å²) >= 11 is 9.61. The van der Waals surface area contributed by atoms with Crippen LogP contribution in [0.25, 0.3) is 0 Å². The zero-order valence-corrected chi connectivity index (χ0v) is 15.4. The van der Waals surface area contributed by atoms with Gasteiger partial charge in [0.1, 0.15) is 6.33 Å². The van der Waals surface area contributed by atoms with Gasteiger partial charge in [-0.25, -0.2) is 9.97 Å². The van der Waals surface area contributed by atoms with Crippen molar-refractivity contribution in [3.8, 4) is 5.88 Å². The molecule has 1 atom stereocenters. The van der Waals surface area contributed by atoms with Gasteiger partial charge in [-0.2, -0.15) is 0 Å². The molecule has 0 aliphatic rings. The zero-order valence-electron chi connectivity index (χ0n) is 10.1. The number of halogens is 3. The number of aromatic nitrogens is 2. The van der Waals surface area contributed by atoms with Crippen molar-refractivity contribution >= 4 is 54.5 Å². The van der Waals surface area contributed by atoms with Crippen LogP contribution in [0.1, 0.15) is 16.1 Å². The van der Waals surface area contributed by atoms with E-state index in [-0.39, 0.29) is 4.83 Å². The van der Waals surface area contributed by atoms with Crippen molar-refractivity contribution in [2.45, 2.75) is 11.2 Å².